The van der Waals surface area contributed by atoms with Crippen LogP contribution in [0.3, 0.4) is 0 Å². The van der Waals surface area contributed by atoms with E-state index in [1.54, 1.807) is 7.11 Å². The van der Waals surface area contributed by atoms with Gasteiger partial charge in [0.05, 0.1) is 7.11 Å². The number of amides is 1. The van der Waals surface area contributed by atoms with Crippen molar-refractivity contribution in [3.05, 3.63) is 35.9 Å². The molecule has 1 unspecified atom stereocenters. The summed E-state index contributed by atoms with van der Waals surface area (Å²) in [6.45, 7) is 3.08. The Balaban J connectivity index is 2.42. The van der Waals surface area contributed by atoms with Gasteiger partial charge >= 0.3 is 0 Å². The van der Waals surface area contributed by atoms with Crippen LogP contribution in [0, 0.1) is 0 Å². The SMILES string of the molecule is CONC(=O)C(OC)(c1ccccc1)N1CCNCC1. The summed E-state index contributed by atoms with van der Waals surface area (Å²) in [4.78, 5) is 19.4. The Morgan fingerprint density at radius 1 is 1.25 bits per heavy atom. The molecular weight excluding hydrogens is 258 g/mol. The van der Waals surface area contributed by atoms with E-state index in [2.05, 4.69) is 10.8 Å². The van der Waals surface area contributed by atoms with E-state index in [0.29, 0.717) is 0 Å². The minimum Gasteiger partial charge on any atom is -0.351 e. The highest BCUT2D eigenvalue weighted by Crippen LogP contribution is 2.30. The second kappa shape index (κ2) is 6.81. The summed E-state index contributed by atoms with van der Waals surface area (Å²) in [6.07, 6.45) is 0. The Kier molecular flexibility index (Phi) is 5.08. The van der Waals surface area contributed by atoms with Crippen molar-refractivity contribution in [1.29, 1.82) is 0 Å². The van der Waals surface area contributed by atoms with Crippen molar-refractivity contribution in [2.75, 3.05) is 40.4 Å². The molecule has 0 spiro atoms. The van der Waals surface area contributed by atoms with E-state index < -0.39 is 5.72 Å². The molecule has 1 aromatic rings. The van der Waals surface area contributed by atoms with Gasteiger partial charge in [-0.2, -0.15) is 0 Å². The Bertz CT molecular complexity index is 435. The highest BCUT2D eigenvalue weighted by atomic mass is 16.6. The lowest BCUT2D eigenvalue weighted by Gasteiger charge is -2.43. The zero-order chi connectivity index (χ0) is 14.4. The zero-order valence-corrected chi connectivity index (χ0v) is 11.9. The maximum Gasteiger partial charge on any atom is 0.296 e. The fourth-order valence-electron chi connectivity index (χ4n) is 2.60. The number of benzene rings is 1. The average molecular weight is 279 g/mol. The van der Waals surface area contributed by atoms with Crippen LogP contribution in [0.4, 0.5) is 0 Å². The van der Waals surface area contributed by atoms with Crippen LogP contribution < -0.4 is 10.8 Å². The number of nitrogens with one attached hydrogen (secondary N) is 2. The minimum absolute atomic E-state index is 0.324. The van der Waals surface area contributed by atoms with E-state index in [-0.39, 0.29) is 5.91 Å². The van der Waals surface area contributed by atoms with E-state index in [9.17, 15) is 4.79 Å². The van der Waals surface area contributed by atoms with Crippen LogP contribution in [0.25, 0.3) is 0 Å². The number of rotatable bonds is 5. The summed E-state index contributed by atoms with van der Waals surface area (Å²) in [5, 5.41) is 3.27. The van der Waals surface area contributed by atoms with Gasteiger partial charge in [0, 0.05) is 38.9 Å². The standard InChI is InChI=1S/C14H21N3O3/c1-19-14(13(18)16-20-2,12-6-4-3-5-7-12)17-10-8-15-9-11-17/h3-7,15H,8-11H2,1-2H3,(H,16,18). The third-order valence-corrected chi connectivity index (χ3v) is 3.53. The first kappa shape index (κ1) is 14.9. The molecule has 1 saturated heterocycles. The van der Waals surface area contributed by atoms with Crippen LogP contribution in [0.15, 0.2) is 30.3 Å². The largest absolute Gasteiger partial charge is 0.351 e. The van der Waals surface area contributed by atoms with Crippen LogP contribution in [-0.4, -0.2) is 51.2 Å². The summed E-state index contributed by atoms with van der Waals surface area (Å²) in [7, 11) is 2.96. The molecule has 6 nitrogen and oxygen atoms in total. The summed E-state index contributed by atoms with van der Waals surface area (Å²) in [6, 6.07) is 9.48. The number of hydrogen-bond donors (Lipinski definition) is 2. The number of hydroxylamine groups is 1. The molecule has 0 aromatic heterocycles. The minimum atomic E-state index is -1.17. The van der Waals surface area contributed by atoms with E-state index >= 15 is 0 Å². The summed E-state index contributed by atoms with van der Waals surface area (Å²) in [5.41, 5.74) is 2.03. The first-order valence-corrected chi connectivity index (χ1v) is 6.65. The van der Waals surface area contributed by atoms with Crippen molar-refractivity contribution < 1.29 is 14.4 Å². The second-order valence-corrected chi connectivity index (χ2v) is 4.59. The molecule has 1 aliphatic rings. The van der Waals surface area contributed by atoms with Gasteiger partial charge in [0.15, 0.2) is 0 Å². The number of carbonyl (C=O) groups excluding carboxylic acids is 1. The molecule has 2 N–H and O–H groups in total. The lowest BCUT2D eigenvalue weighted by atomic mass is 9.99. The summed E-state index contributed by atoms with van der Waals surface area (Å²) in [5.74, 6) is -0.324. The molecule has 1 aliphatic heterocycles. The maximum atomic E-state index is 12.6. The van der Waals surface area contributed by atoms with Gasteiger partial charge < -0.3 is 10.1 Å². The summed E-state index contributed by atoms with van der Waals surface area (Å²) >= 11 is 0. The molecule has 0 radical (unpaired) electrons. The fraction of sp³-hybridized carbons (Fsp3) is 0.500. The van der Waals surface area contributed by atoms with Gasteiger partial charge in [0.2, 0.25) is 5.72 Å². The van der Waals surface area contributed by atoms with E-state index in [1.165, 1.54) is 7.11 Å². The predicted octanol–water partition coefficient (Wildman–Crippen LogP) is 0.0686. The molecule has 1 fully saturated rings. The van der Waals surface area contributed by atoms with Gasteiger partial charge in [0.1, 0.15) is 0 Å². The first-order chi connectivity index (χ1) is 9.75. The Morgan fingerprint density at radius 2 is 1.90 bits per heavy atom. The molecule has 110 valence electrons. The number of hydrogen-bond acceptors (Lipinski definition) is 5. The van der Waals surface area contributed by atoms with Crippen LogP contribution in [0.2, 0.25) is 0 Å². The monoisotopic (exact) mass is 279 g/mol. The number of nitrogens with zero attached hydrogens (tertiary/aromatic N) is 1. The molecule has 20 heavy (non-hydrogen) atoms. The molecule has 0 saturated carbocycles. The second-order valence-electron chi connectivity index (χ2n) is 4.59. The molecular formula is C14H21N3O3. The zero-order valence-electron chi connectivity index (χ0n) is 11.9. The van der Waals surface area contributed by atoms with Crippen molar-refractivity contribution in [3.8, 4) is 0 Å². The van der Waals surface area contributed by atoms with Crippen molar-refractivity contribution >= 4 is 5.91 Å². The van der Waals surface area contributed by atoms with E-state index in [0.717, 1.165) is 31.7 Å². The van der Waals surface area contributed by atoms with Crippen LogP contribution >= 0.6 is 0 Å². The fourth-order valence-corrected chi connectivity index (χ4v) is 2.60. The van der Waals surface area contributed by atoms with E-state index in [4.69, 9.17) is 9.57 Å². The lowest BCUT2D eigenvalue weighted by Crippen LogP contribution is -2.61. The first-order valence-electron chi connectivity index (χ1n) is 6.65. The van der Waals surface area contributed by atoms with Crippen molar-refractivity contribution in [3.63, 3.8) is 0 Å². The third kappa shape index (κ3) is 2.69. The van der Waals surface area contributed by atoms with Gasteiger partial charge in [0.25, 0.3) is 5.91 Å². The highest BCUT2D eigenvalue weighted by Gasteiger charge is 2.46. The topological polar surface area (TPSA) is 62.8 Å². The molecule has 0 aliphatic carbocycles. The van der Waals surface area contributed by atoms with Crippen molar-refractivity contribution in [2.45, 2.75) is 5.72 Å². The number of piperazine rings is 1. The van der Waals surface area contributed by atoms with Gasteiger partial charge in [-0.25, -0.2) is 5.48 Å². The third-order valence-electron chi connectivity index (χ3n) is 3.53. The maximum absolute atomic E-state index is 12.6. The van der Waals surface area contributed by atoms with Crippen LogP contribution in [0.1, 0.15) is 5.56 Å². The Labute approximate surface area is 119 Å². The smallest absolute Gasteiger partial charge is 0.296 e. The van der Waals surface area contributed by atoms with Gasteiger partial charge in [-0.15, -0.1) is 0 Å². The molecule has 1 amide bonds. The van der Waals surface area contributed by atoms with Crippen molar-refractivity contribution in [1.82, 2.24) is 15.7 Å². The summed E-state index contributed by atoms with van der Waals surface area (Å²) < 4.78 is 5.68. The quantitative estimate of drug-likeness (QED) is 0.747. The molecule has 2 rings (SSSR count). The van der Waals surface area contributed by atoms with Gasteiger partial charge in [-0.3, -0.25) is 14.5 Å². The number of methoxy groups -OCH3 is 1. The average Bonchev–Trinajstić information content (AvgIpc) is 2.51. The molecule has 1 heterocycles. The molecule has 0 bridgehead atoms. The number of ether oxygens (including phenoxy) is 1. The highest BCUT2D eigenvalue weighted by molar-refractivity contribution is 5.85. The molecule has 1 aromatic carbocycles. The van der Waals surface area contributed by atoms with Crippen molar-refractivity contribution in [2.24, 2.45) is 0 Å². The van der Waals surface area contributed by atoms with E-state index in [1.807, 2.05) is 35.2 Å². The van der Waals surface area contributed by atoms with Gasteiger partial charge in [-0.1, -0.05) is 30.3 Å². The van der Waals surface area contributed by atoms with Crippen LogP contribution in [-0.2, 0) is 20.1 Å². The van der Waals surface area contributed by atoms with Crippen LogP contribution in [0.5, 0.6) is 0 Å². The Hall–Kier alpha value is -1.47. The molecule has 6 heteroatoms. The predicted molar refractivity (Wildman–Crippen MR) is 74.7 cm³/mol. The normalized spacial score (nSPS) is 19.3. The molecule has 1 atom stereocenters. The Morgan fingerprint density at radius 3 is 2.45 bits per heavy atom. The lowest BCUT2D eigenvalue weighted by molar-refractivity contribution is -0.188. The number of carbonyl (C=O) groups is 1. The van der Waals surface area contributed by atoms with Gasteiger partial charge in [-0.05, 0) is 0 Å².